The van der Waals surface area contributed by atoms with Crippen LogP contribution in [0.3, 0.4) is 0 Å². The number of hydrogen-bond acceptors (Lipinski definition) is 3. The van der Waals surface area contributed by atoms with Crippen LogP contribution in [0, 0.1) is 5.92 Å². The Morgan fingerprint density at radius 3 is 2.67 bits per heavy atom. The lowest BCUT2D eigenvalue weighted by molar-refractivity contribution is 0.0698. The molecule has 0 aromatic heterocycles. The van der Waals surface area contributed by atoms with E-state index in [1.807, 2.05) is 0 Å². The van der Waals surface area contributed by atoms with Crippen molar-refractivity contribution in [3.63, 3.8) is 0 Å². The topological polar surface area (TPSA) is 63.3 Å². The number of carbonyl (C=O) groups is 1. The number of nitrogen functional groups attached to an aromatic ring is 1. The molecule has 1 rings (SSSR count). The third kappa shape index (κ3) is 3.47. The van der Waals surface area contributed by atoms with Crippen molar-refractivity contribution in [2.45, 2.75) is 18.7 Å². The van der Waals surface area contributed by atoms with Crippen molar-refractivity contribution in [2.75, 3.05) is 11.5 Å². The van der Waals surface area contributed by atoms with Gasteiger partial charge >= 0.3 is 5.97 Å². The first-order valence-electron chi connectivity index (χ1n) is 4.76. The van der Waals surface area contributed by atoms with Crippen molar-refractivity contribution in [3.05, 3.63) is 23.8 Å². The second-order valence-corrected chi connectivity index (χ2v) is 4.85. The van der Waals surface area contributed by atoms with E-state index in [0.717, 1.165) is 10.6 Å². The lowest BCUT2D eigenvalue weighted by Gasteiger charge is -2.06. The number of anilines is 1. The molecule has 4 heteroatoms. The van der Waals surface area contributed by atoms with Gasteiger partial charge in [-0.2, -0.15) is 0 Å². The molecular weight excluding hydrogens is 210 g/mol. The zero-order chi connectivity index (χ0) is 11.4. The van der Waals surface area contributed by atoms with Gasteiger partial charge in [-0.3, -0.25) is 0 Å². The summed E-state index contributed by atoms with van der Waals surface area (Å²) in [6.45, 7) is 4.28. The highest BCUT2D eigenvalue weighted by molar-refractivity contribution is 7.99. The highest BCUT2D eigenvalue weighted by Gasteiger charge is 2.08. The molecule has 82 valence electrons. The van der Waals surface area contributed by atoms with Crippen LogP contribution < -0.4 is 5.73 Å². The van der Waals surface area contributed by atoms with E-state index in [-0.39, 0.29) is 5.56 Å². The summed E-state index contributed by atoms with van der Waals surface area (Å²) in [6, 6.07) is 5.07. The van der Waals surface area contributed by atoms with Crippen LogP contribution in [0.15, 0.2) is 23.1 Å². The third-order valence-electron chi connectivity index (χ3n) is 1.84. The van der Waals surface area contributed by atoms with Gasteiger partial charge in [0.05, 0.1) is 5.56 Å². The lowest BCUT2D eigenvalue weighted by atomic mass is 10.2. The van der Waals surface area contributed by atoms with Crippen LogP contribution in [0.1, 0.15) is 24.2 Å². The second-order valence-electron chi connectivity index (χ2n) is 3.76. The molecule has 3 nitrogen and oxygen atoms in total. The van der Waals surface area contributed by atoms with Gasteiger partial charge in [-0.05, 0) is 24.1 Å². The zero-order valence-electron chi connectivity index (χ0n) is 8.86. The smallest absolute Gasteiger partial charge is 0.337 e. The second kappa shape index (κ2) is 5.07. The molecule has 15 heavy (non-hydrogen) atoms. The van der Waals surface area contributed by atoms with E-state index < -0.39 is 5.97 Å². The molecule has 0 fully saturated rings. The average Bonchev–Trinajstić information content (AvgIpc) is 2.14. The van der Waals surface area contributed by atoms with Crippen LogP contribution in [0.2, 0.25) is 0 Å². The molecule has 0 spiro atoms. The highest BCUT2D eigenvalue weighted by atomic mass is 32.2. The van der Waals surface area contributed by atoms with Gasteiger partial charge in [0.15, 0.2) is 0 Å². The molecule has 0 heterocycles. The van der Waals surface area contributed by atoms with Crippen molar-refractivity contribution in [2.24, 2.45) is 5.92 Å². The van der Waals surface area contributed by atoms with E-state index >= 15 is 0 Å². The molecule has 1 aromatic rings. The Morgan fingerprint density at radius 2 is 2.20 bits per heavy atom. The van der Waals surface area contributed by atoms with Gasteiger partial charge in [-0.15, -0.1) is 11.8 Å². The molecule has 0 aliphatic rings. The summed E-state index contributed by atoms with van der Waals surface area (Å²) >= 11 is 1.69. The average molecular weight is 225 g/mol. The van der Waals surface area contributed by atoms with Gasteiger partial charge in [0.2, 0.25) is 0 Å². The maximum atomic E-state index is 10.7. The van der Waals surface area contributed by atoms with Crippen LogP contribution in [0.4, 0.5) is 5.69 Å². The molecule has 1 aromatic carbocycles. The Labute approximate surface area is 93.7 Å². The summed E-state index contributed by atoms with van der Waals surface area (Å²) in [5.41, 5.74) is 6.13. The first kappa shape index (κ1) is 11.9. The van der Waals surface area contributed by atoms with Gasteiger partial charge in [-0.1, -0.05) is 13.8 Å². The predicted octanol–water partition coefficient (Wildman–Crippen LogP) is 2.72. The number of nitrogens with two attached hydrogens (primary N) is 1. The standard InChI is InChI=1S/C11H15NO2S/c1-7(2)6-15-8-3-4-9(11(13)14)10(12)5-8/h3-5,7H,6,12H2,1-2H3,(H,13,14). The van der Waals surface area contributed by atoms with E-state index in [4.69, 9.17) is 10.8 Å². The minimum Gasteiger partial charge on any atom is -0.478 e. The molecule has 0 unspecified atom stereocenters. The Balaban J connectivity index is 2.78. The van der Waals surface area contributed by atoms with Crippen LogP contribution in [-0.2, 0) is 0 Å². The van der Waals surface area contributed by atoms with Crippen LogP contribution in [0.25, 0.3) is 0 Å². The molecule has 0 saturated heterocycles. The number of benzene rings is 1. The van der Waals surface area contributed by atoms with Crippen molar-refractivity contribution in [1.29, 1.82) is 0 Å². The fraction of sp³-hybridized carbons (Fsp3) is 0.364. The molecule has 0 aliphatic heterocycles. The van der Waals surface area contributed by atoms with E-state index in [9.17, 15) is 4.79 Å². The highest BCUT2D eigenvalue weighted by Crippen LogP contribution is 2.24. The fourth-order valence-corrected chi connectivity index (χ4v) is 1.99. The normalized spacial score (nSPS) is 10.6. The van der Waals surface area contributed by atoms with Crippen LogP contribution in [-0.4, -0.2) is 16.8 Å². The molecule has 3 N–H and O–H groups in total. The van der Waals surface area contributed by atoms with Crippen molar-refractivity contribution >= 4 is 23.4 Å². The molecule has 0 atom stereocenters. The number of thioether (sulfide) groups is 1. The van der Waals surface area contributed by atoms with Gasteiger partial charge in [0.25, 0.3) is 0 Å². The molecule has 0 saturated carbocycles. The number of carboxylic acid groups (broad SMARTS) is 1. The van der Waals surface area contributed by atoms with Gasteiger partial charge in [-0.25, -0.2) is 4.79 Å². The molecule has 0 bridgehead atoms. The van der Waals surface area contributed by atoms with Gasteiger partial charge < -0.3 is 10.8 Å². The summed E-state index contributed by atoms with van der Waals surface area (Å²) < 4.78 is 0. The SMILES string of the molecule is CC(C)CSc1ccc(C(=O)O)c(N)c1. The van der Waals surface area contributed by atoms with Crippen molar-refractivity contribution < 1.29 is 9.90 Å². The predicted molar refractivity (Wildman–Crippen MR) is 63.4 cm³/mol. The van der Waals surface area contributed by atoms with Crippen molar-refractivity contribution in [1.82, 2.24) is 0 Å². The Bertz CT molecular complexity index is 364. The summed E-state index contributed by atoms with van der Waals surface area (Å²) in [4.78, 5) is 11.7. The van der Waals surface area contributed by atoms with Crippen molar-refractivity contribution in [3.8, 4) is 0 Å². The summed E-state index contributed by atoms with van der Waals surface area (Å²) in [5, 5.41) is 8.79. The number of rotatable bonds is 4. The monoisotopic (exact) mass is 225 g/mol. The minimum atomic E-state index is -0.979. The zero-order valence-corrected chi connectivity index (χ0v) is 9.67. The van der Waals surface area contributed by atoms with E-state index in [2.05, 4.69) is 13.8 Å². The Morgan fingerprint density at radius 1 is 1.53 bits per heavy atom. The van der Waals surface area contributed by atoms with Crippen LogP contribution in [0.5, 0.6) is 0 Å². The van der Waals surface area contributed by atoms with Crippen LogP contribution >= 0.6 is 11.8 Å². The number of aromatic carboxylic acids is 1. The first-order chi connectivity index (χ1) is 7.00. The fourth-order valence-electron chi connectivity index (χ4n) is 1.09. The summed E-state index contributed by atoms with van der Waals surface area (Å²) in [5.74, 6) is 0.634. The van der Waals surface area contributed by atoms with Gasteiger partial charge in [0, 0.05) is 16.3 Å². The summed E-state index contributed by atoms with van der Waals surface area (Å²) in [7, 11) is 0. The van der Waals surface area contributed by atoms with Gasteiger partial charge in [0.1, 0.15) is 0 Å². The third-order valence-corrected chi connectivity index (χ3v) is 3.26. The van der Waals surface area contributed by atoms with E-state index in [1.54, 1.807) is 30.0 Å². The van der Waals surface area contributed by atoms with E-state index in [1.165, 1.54) is 0 Å². The number of hydrogen-bond donors (Lipinski definition) is 2. The van der Waals surface area contributed by atoms with E-state index in [0.29, 0.717) is 11.6 Å². The lowest BCUT2D eigenvalue weighted by Crippen LogP contribution is -2.02. The Hall–Kier alpha value is -1.16. The minimum absolute atomic E-state index is 0.170. The Kier molecular flexibility index (Phi) is 4.03. The molecule has 0 aliphatic carbocycles. The largest absolute Gasteiger partial charge is 0.478 e. The molecule has 0 radical (unpaired) electrons. The first-order valence-corrected chi connectivity index (χ1v) is 5.75. The summed E-state index contributed by atoms with van der Waals surface area (Å²) in [6.07, 6.45) is 0. The maximum absolute atomic E-state index is 10.7. The number of carboxylic acids is 1. The quantitative estimate of drug-likeness (QED) is 0.611. The molecular formula is C11H15NO2S. The molecule has 0 amide bonds. The maximum Gasteiger partial charge on any atom is 0.337 e.